The van der Waals surface area contributed by atoms with E-state index in [2.05, 4.69) is 10.6 Å². The molecular weight excluding hydrogens is 274 g/mol. The Kier molecular flexibility index (Phi) is 6.11. The number of nitrogens with two attached hydrogens (primary N) is 1. The molecule has 0 aromatic heterocycles. The van der Waals surface area contributed by atoms with E-state index in [-0.39, 0.29) is 16.8 Å². The van der Waals surface area contributed by atoms with E-state index in [1.165, 1.54) is 6.92 Å². The molecule has 1 atom stereocenters. The van der Waals surface area contributed by atoms with Crippen molar-refractivity contribution in [2.24, 2.45) is 11.7 Å². The minimum atomic E-state index is -0.473. The monoisotopic (exact) mass is 293 g/mol. The highest BCUT2D eigenvalue weighted by Gasteiger charge is 2.20. The van der Waals surface area contributed by atoms with Gasteiger partial charge >= 0.3 is 0 Å². The number of carbonyl (C=O) groups excluding carboxylic acids is 2. The largest absolute Gasteiger partial charge is 0.393 e. The van der Waals surface area contributed by atoms with E-state index >= 15 is 0 Å². The van der Waals surface area contributed by atoms with Crippen LogP contribution in [0.25, 0.3) is 0 Å². The lowest BCUT2D eigenvalue weighted by molar-refractivity contribution is -0.118. The quantitative estimate of drug-likeness (QED) is 0.703. The van der Waals surface area contributed by atoms with Crippen molar-refractivity contribution in [1.29, 1.82) is 0 Å². The number of hydrogen-bond donors (Lipinski definition) is 3. The standard InChI is InChI=1S/C14H19N3O2S/c1-3-5-12(13(15)20)14(19)17-11-7-4-6-10(8-11)16-9(2)18/h4,6-8,12H,3,5H2,1-2H3,(H2,15,20)(H,16,18)(H,17,19). The Balaban J connectivity index is 2.78. The van der Waals surface area contributed by atoms with Crippen molar-refractivity contribution in [1.82, 2.24) is 0 Å². The Morgan fingerprint density at radius 3 is 2.40 bits per heavy atom. The highest BCUT2D eigenvalue weighted by molar-refractivity contribution is 7.80. The summed E-state index contributed by atoms with van der Waals surface area (Å²) in [6.45, 7) is 3.39. The lowest BCUT2D eigenvalue weighted by Crippen LogP contribution is -2.33. The molecule has 0 aliphatic carbocycles. The Bertz CT molecular complexity index is 517. The van der Waals surface area contributed by atoms with Crippen molar-refractivity contribution >= 4 is 40.4 Å². The summed E-state index contributed by atoms with van der Waals surface area (Å²) in [5.74, 6) is -0.862. The molecule has 1 aromatic rings. The molecule has 108 valence electrons. The summed E-state index contributed by atoms with van der Waals surface area (Å²) in [6, 6.07) is 6.91. The summed E-state index contributed by atoms with van der Waals surface area (Å²) in [5.41, 5.74) is 6.81. The summed E-state index contributed by atoms with van der Waals surface area (Å²) >= 11 is 4.92. The van der Waals surface area contributed by atoms with Gasteiger partial charge < -0.3 is 16.4 Å². The molecule has 1 unspecified atom stereocenters. The third-order valence-electron chi connectivity index (χ3n) is 2.69. The smallest absolute Gasteiger partial charge is 0.234 e. The van der Waals surface area contributed by atoms with Gasteiger partial charge in [0.1, 0.15) is 0 Å². The van der Waals surface area contributed by atoms with Crippen LogP contribution < -0.4 is 16.4 Å². The third-order valence-corrected chi connectivity index (χ3v) is 2.97. The maximum Gasteiger partial charge on any atom is 0.234 e. The van der Waals surface area contributed by atoms with Crippen molar-refractivity contribution in [2.75, 3.05) is 10.6 Å². The number of carbonyl (C=O) groups is 2. The Morgan fingerprint density at radius 1 is 1.30 bits per heavy atom. The van der Waals surface area contributed by atoms with Crippen LogP contribution in [0, 0.1) is 5.92 Å². The van der Waals surface area contributed by atoms with Crippen LogP contribution in [0.5, 0.6) is 0 Å². The third kappa shape index (κ3) is 4.97. The summed E-state index contributed by atoms with van der Waals surface area (Å²) < 4.78 is 0. The molecule has 20 heavy (non-hydrogen) atoms. The van der Waals surface area contributed by atoms with Crippen molar-refractivity contribution < 1.29 is 9.59 Å². The summed E-state index contributed by atoms with van der Waals surface area (Å²) in [7, 11) is 0. The zero-order valence-electron chi connectivity index (χ0n) is 11.6. The lowest BCUT2D eigenvalue weighted by atomic mass is 10.0. The molecular formula is C14H19N3O2S. The van der Waals surface area contributed by atoms with Gasteiger partial charge in [-0.05, 0) is 24.6 Å². The summed E-state index contributed by atoms with van der Waals surface area (Å²) in [4.78, 5) is 23.3. The fraction of sp³-hybridized carbons (Fsp3) is 0.357. The van der Waals surface area contributed by atoms with Gasteiger partial charge in [-0.25, -0.2) is 0 Å². The first-order valence-corrected chi connectivity index (χ1v) is 6.82. The molecule has 6 heteroatoms. The fourth-order valence-corrected chi connectivity index (χ4v) is 2.02. The highest BCUT2D eigenvalue weighted by Crippen LogP contribution is 2.17. The van der Waals surface area contributed by atoms with Gasteiger partial charge in [0.15, 0.2) is 0 Å². The number of anilines is 2. The number of thiocarbonyl (C=S) groups is 1. The molecule has 0 bridgehead atoms. The minimum Gasteiger partial charge on any atom is -0.393 e. The molecule has 1 aromatic carbocycles. The van der Waals surface area contributed by atoms with Crippen LogP contribution in [-0.4, -0.2) is 16.8 Å². The number of amides is 2. The molecule has 0 radical (unpaired) electrons. The van der Waals surface area contributed by atoms with E-state index in [1.807, 2.05) is 6.92 Å². The molecule has 4 N–H and O–H groups in total. The van der Waals surface area contributed by atoms with Crippen LogP contribution in [0.1, 0.15) is 26.7 Å². The van der Waals surface area contributed by atoms with E-state index in [0.29, 0.717) is 17.8 Å². The average molecular weight is 293 g/mol. The topological polar surface area (TPSA) is 84.2 Å². The number of rotatable bonds is 6. The Labute approximate surface area is 123 Å². The molecule has 2 amide bonds. The SMILES string of the molecule is CCCC(C(=O)Nc1cccc(NC(C)=O)c1)C(N)=S. The molecule has 0 aliphatic heterocycles. The van der Waals surface area contributed by atoms with Gasteiger partial charge in [0.25, 0.3) is 0 Å². The van der Waals surface area contributed by atoms with Crippen molar-refractivity contribution in [3.8, 4) is 0 Å². The average Bonchev–Trinajstić information content (AvgIpc) is 2.34. The van der Waals surface area contributed by atoms with Crippen LogP contribution in [0.3, 0.4) is 0 Å². The number of benzene rings is 1. The van der Waals surface area contributed by atoms with E-state index in [4.69, 9.17) is 18.0 Å². The van der Waals surface area contributed by atoms with Crippen LogP contribution in [0.15, 0.2) is 24.3 Å². The first-order chi connectivity index (χ1) is 9.43. The molecule has 0 spiro atoms. The number of hydrogen-bond acceptors (Lipinski definition) is 3. The van der Waals surface area contributed by atoms with Gasteiger partial charge in [-0.1, -0.05) is 31.6 Å². The van der Waals surface area contributed by atoms with Crippen molar-refractivity contribution in [3.63, 3.8) is 0 Å². The molecule has 0 saturated carbocycles. The van der Waals surface area contributed by atoms with Crippen molar-refractivity contribution in [2.45, 2.75) is 26.7 Å². The van der Waals surface area contributed by atoms with Crippen LogP contribution in [-0.2, 0) is 9.59 Å². The Morgan fingerprint density at radius 2 is 1.90 bits per heavy atom. The second-order valence-electron chi connectivity index (χ2n) is 4.49. The highest BCUT2D eigenvalue weighted by atomic mass is 32.1. The molecule has 0 aliphatic rings. The Hall–Kier alpha value is -1.95. The van der Waals surface area contributed by atoms with Gasteiger partial charge in [-0.3, -0.25) is 9.59 Å². The zero-order chi connectivity index (χ0) is 15.1. The van der Waals surface area contributed by atoms with Crippen LogP contribution in [0.2, 0.25) is 0 Å². The minimum absolute atomic E-state index is 0.166. The predicted octanol–water partition coefficient (Wildman–Crippen LogP) is 2.29. The molecule has 5 nitrogen and oxygen atoms in total. The van der Waals surface area contributed by atoms with Gasteiger partial charge in [-0.15, -0.1) is 0 Å². The first-order valence-electron chi connectivity index (χ1n) is 6.42. The van der Waals surface area contributed by atoms with Gasteiger partial charge in [-0.2, -0.15) is 0 Å². The molecule has 0 heterocycles. The maximum atomic E-state index is 12.1. The van der Waals surface area contributed by atoms with Crippen LogP contribution >= 0.6 is 12.2 Å². The normalized spacial score (nSPS) is 11.5. The van der Waals surface area contributed by atoms with E-state index in [0.717, 1.165) is 6.42 Å². The van der Waals surface area contributed by atoms with Gasteiger partial charge in [0.2, 0.25) is 11.8 Å². The van der Waals surface area contributed by atoms with E-state index in [9.17, 15) is 9.59 Å². The second-order valence-corrected chi connectivity index (χ2v) is 4.97. The summed E-state index contributed by atoms with van der Waals surface area (Å²) in [5, 5.41) is 5.42. The van der Waals surface area contributed by atoms with Gasteiger partial charge in [0.05, 0.1) is 10.9 Å². The van der Waals surface area contributed by atoms with E-state index in [1.54, 1.807) is 24.3 Å². The van der Waals surface area contributed by atoms with Gasteiger partial charge in [0, 0.05) is 18.3 Å². The molecule has 0 saturated heterocycles. The molecule has 0 fully saturated rings. The zero-order valence-corrected chi connectivity index (χ0v) is 12.4. The van der Waals surface area contributed by atoms with Crippen LogP contribution in [0.4, 0.5) is 11.4 Å². The molecule has 1 rings (SSSR count). The summed E-state index contributed by atoms with van der Waals surface area (Å²) in [6.07, 6.45) is 1.44. The fourth-order valence-electron chi connectivity index (χ4n) is 1.80. The lowest BCUT2D eigenvalue weighted by Gasteiger charge is -2.15. The second kappa shape index (κ2) is 7.59. The first kappa shape index (κ1) is 16.1. The van der Waals surface area contributed by atoms with Crippen molar-refractivity contribution in [3.05, 3.63) is 24.3 Å². The maximum absolute atomic E-state index is 12.1. The predicted molar refractivity (Wildman–Crippen MR) is 84.6 cm³/mol. The number of nitrogens with one attached hydrogen (secondary N) is 2. The van der Waals surface area contributed by atoms with E-state index < -0.39 is 5.92 Å².